The molecule has 0 aliphatic carbocycles. The molecule has 1 aliphatic heterocycles. The highest BCUT2D eigenvalue weighted by Gasteiger charge is 2.42. The van der Waals surface area contributed by atoms with E-state index in [2.05, 4.69) is 16.4 Å². The fraction of sp³-hybridized carbons (Fsp3) is 0.654. The third-order valence-corrected chi connectivity index (χ3v) is 7.52. The summed E-state index contributed by atoms with van der Waals surface area (Å²) >= 11 is 1.56. The highest BCUT2D eigenvalue weighted by molar-refractivity contribution is 7.09. The third kappa shape index (κ3) is 7.57. The number of nitrogens with one attached hydrogen (secondary N) is 1. The number of esters is 1. The molecule has 1 aliphatic rings. The van der Waals surface area contributed by atoms with Crippen LogP contribution < -0.4 is 5.32 Å². The number of ketones is 1. The molecule has 2 heterocycles. The molecule has 3 N–H and O–H groups in total. The SMILES string of the molecule is C/C1=C/C[C@@H](/C(C)=C/c2csc(C)n2)OC(=O)C[C@H](O)C(C)(C)C(=O)[C@H](C)[C@@H](O)[C@@H](C)NCC1. The Morgan fingerprint density at radius 2 is 1.94 bits per heavy atom. The summed E-state index contributed by atoms with van der Waals surface area (Å²) in [7, 11) is 0. The van der Waals surface area contributed by atoms with Crippen LogP contribution in [0, 0.1) is 18.3 Å². The molecule has 7 nitrogen and oxygen atoms in total. The number of thiazole rings is 1. The van der Waals surface area contributed by atoms with Crippen LogP contribution >= 0.6 is 11.3 Å². The summed E-state index contributed by atoms with van der Waals surface area (Å²) < 4.78 is 5.79. The van der Waals surface area contributed by atoms with Crippen molar-refractivity contribution in [3.63, 3.8) is 0 Å². The summed E-state index contributed by atoms with van der Waals surface area (Å²) in [5, 5.41) is 27.7. The van der Waals surface area contributed by atoms with E-state index in [1.165, 1.54) is 0 Å². The molecule has 2 rings (SSSR count). The normalized spacial score (nSPS) is 32.1. The van der Waals surface area contributed by atoms with Crippen molar-refractivity contribution < 1.29 is 24.5 Å². The maximum atomic E-state index is 13.1. The Morgan fingerprint density at radius 1 is 1.26 bits per heavy atom. The van der Waals surface area contributed by atoms with Crippen molar-refractivity contribution in [1.82, 2.24) is 10.3 Å². The molecule has 0 radical (unpaired) electrons. The zero-order valence-corrected chi connectivity index (χ0v) is 22.2. The predicted octanol–water partition coefficient (Wildman–Crippen LogP) is 3.83. The van der Waals surface area contributed by atoms with Crippen molar-refractivity contribution in [2.75, 3.05) is 6.54 Å². The van der Waals surface area contributed by atoms with Crippen molar-refractivity contribution in [3.05, 3.63) is 33.3 Å². The number of hydrogen-bond acceptors (Lipinski definition) is 8. The van der Waals surface area contributed by atoms with E-state index < -0.39 is 35.6 Å². The number of aliphatic hydroxyl groups excluding tert-OH is 2. The predicted molar refractivity (Wildman–Crippen MR) is 135 cm³/mol. The van der Waals surface area contributed by atoms with E-state index in [4.69, 9.17) is 4.74 Å². The maximum absolute atomic E-state index is 13.1. The van der Waals surface area contributed by atoms with Crippen LogP contribution in [0.4, 0.5) is 0 Å². The summed E-state index contributed by atoms with van der Waals surface area (Å²) in [5.74, 6) is -1.56. The van der Waals surface area contributed by atoms with Crippen molar-refractivity contribution in [3.8, 4) is 0 Å². The number of aromatic nitrogens is 1. The summed E-state index contributed by atoms with van der Waals surface area (Å²) in [6.45, 7) is 13.2. The van der Waals surface area contributed by atoms with Gasteiger partial charge in [-0.05, 0) is 52.3 Å². The second-order valence-electron chi connectivity index (χ2n) is 10.0. The van der Waals surface area contributed by atoms with Crippen LogP contribution in [0.5, 0.6) is 0 Å². The van der Waals surface area contributed by atoms with Gasteiger partial charge in [0.25, 0.3) is 0 Å². The van der Waals surface area contributed by atoms with Crippen molar-refractivity contribution >= 4 is 29.2 Å². The first-order chi connectivity index (χ1) is 15.8. The van der Waals surface area contributed by atoms with E-state index in [0.29, 0.717) is 13.0 Å². The molecule has 0 amide bonds. The number of rotatable bonds is 2. The van der Waals surface area contributed by atoms with Gasteiger partial charge in [-0.3, -0.25) is 9.59 Å². The molecule has 34 heavy (non-hydrogen) atoms. The van der Waals surface area contributed by atoms with E-state index in [9.17, 15) is 19.8 Å². The van der Waals surface area contributed by atoms with Gasteiger partial charge < -0.3 is 20.3 Å². The molecule has 0 saturated heterocycles. The van der Waals surface area contributed by atoms with Crippen LogP contribution in [-0.2, 0) is 14.3 Å². The van der Waals surface area contributed by atoms with E-state index in [1.807, 2.05) is 39.2 Å². The molecule has 0 saturated carbocycles. The van der Waals surface area contributed by atoms with Crippen LogP contribution in [-0.4, -0.2) is 57.8 Å². The van der Waals surface area contributed by atoms with Crippen LogP contribution in [0.3, 0.4) is 0 Å². The first kappa shape index (κ1) is 28.4. The van der Waals surface area contributed by atoms with Gasteiger partial charge >= 0.3 is 5.97 Å². The number of carbonyl (C=O) groups is 2. The van der Waals surface area contributed by atoms with Crippen LogP contribution in [0.25, 0.3) is 6.08 Å². The average Bonchev–Trinajstić information content (AvgIpc) is 3.18. The molecule has 190 valence electrons. The molecule has 0 spiro atoms. The molecular formula is C26H40N2O5S. The first-order valence-electron chi connectivity index (χ1n) is 11.9. The van der Waals surface area contributed by atoms with E-state index in [-0.39, 0.29) is 18.2 Å². The average molecular weight is 493 g/mol. The number of carbonyl (C=O) groups excluding carboxylic acids is 2. The minimum atomic E-state index is -1.23. The van der Waals surface area contributed by atoms with Gasteiger partial charge in [0, 0.05) is 23.8 Å². The van der Waals surface area contributed by atoms with Gasteiger partial charge in [0.2, 0.25) is 0 Å². The summed E-state index contributed by atoms with van der Waals surface area (Å²) in [4.78, 5) is 30.4. The Bertz CT molecular complexity index is 920. The molecule has 0 bridgehead atoms. The number of nitrogens with zero attached hydrogens (tertiary/aromatic N) is 1. The Hall–Kier alpha value is -1.87. The van der Waals surface area contributed by atoms with Gasteiger partial charge in [0.1, 0.15) is 11.9 Å². The lowest BCUT2D eigenvalue weighted by Gasteiger charge is -2.34. The van der Waals surface area contributed by atoms with E-state index in [0.717, 1.165) is 28.3 Å². The van der Waals surface area contributed by atoms with Gasteiger partial charge in [-0.25, -0.2) is 4.98 Å². The molecule has 1 aromatic rings. The Labute approximate surface area is 207 Å². The van der Waals surface area contributed by atoms with Gasteiger partial charge in [-0.15, -0.1) is 11.3 Å². The maximum Gasteiger partial charge on any atom is 0.309 e. The second kappa shape index (κ2) is 12.2. The fourth-order valence-electron chi connectivity index (χ4n) is 4.09. The van der Waals surface area contributed by atoms with Crippen LogP contribution in [0.15, 0.2) is 22.6 Å². The molecular weight excluding hydrogens is 452 g/mol. The third-order valence-electron chi connectivity index (χ3n) is 6.73. The Kier molecular flexibility index (Phi) is 10.2. The van der Waals surface area contributed by atoms with Crippen molar-refractivity contribution in [2.45, 2.75) is 92.1 Å². The first-order valence-corrected chi connectivity index (χ1v) is 12.8. The molecule has 5 atom stereocenters. The smallest absolute Gasteiger partial charge is 0.309 e. The van der Waals surface area contributed by atoms with E-state index in [1.54, 1.807) is 32.1 Å². The van der Waals surface area contributed by atoms with Gasteiger partial charge in [0.15, 0.2) is 0 Å². The molecule has 0 aromatic carbocycles. The standard InChI is InChI=1S/C26H40N2O5S/c1-15-8-9-21(16(2)12-20-14-34-19(5)28-20)33-23(30)13-22(29)26(6,7)25(32)17(3)24(31)18(4)27-11-10-15/h8,12,14,17-18,21-22,24,27,29,31H,9-11,13H2,1-7H3/b15-8-,16-12+/t17-,18-,21+,22+,24-/m1/s1. The zero-order chi connectivity index (χ0) is 25.6. The minimum Gasteiger partial charge on any atom is -0.457 e. The lowest BCUT2D eigenvalue weighted by atomic mass is 9.74. The largest absolute Gasteiger partial charge is 0.457 e. The van der Waals surface area contributed by atoms with Crippen molar-refractivity contribution in [2.24, 2.45) is 11.3 Å². The fourth-order valence-corrected chi connectivity index (χ4v) is 4.66. The zero-order valence-electron chi connectivity index (χ0n) is 21.4. The molecule has 8 heteroatoms. The number of ether oxygens (including phenoxy) is 1. The van der Waals surface area contributed by atoms with Gasteiger partial charge in [-0.2, -0.15) is 0 Å². The van der Waals surface area contributed by atoms with Gasteiger partial charge in [0.05, 0.1) is 34.7 Å². The quantitative estimate of drug-likeness (QED) is 0.425. The number of cyclic esters (lactones) is 1. The summed E-state index contributed by atoms with van der Waals surface area (Å²) in [6, 6.07) is -0.294. The highest BCUT2D eigenvalue weighted by atomic mass is 32.1. The molecule has 1 aromatic heterocycles. The number of aliphatic hydroxyl groups is 2. The monoisotopic (exact) mass is 492 g/mol. The highest BCUT2D eigenvalue weighted by Crippen LogP contribution is 2.30. The summed E-state index contributed by atoms with van der Waals surface area (Å²) in [6.07, 6.45) is 2.28. The minimum absolute atomic E-state index is 0.288. The molecule has 0 unspecified atom stereocenters. The number of aryl methyl sites for hydroxylation is 1. The van der Waals surface area contributed by atoms with E-state index >= 15 is 0 Å². The summed E-state index contributed by atoms with van der Waals surface area (Å²) in [5.41, 5.74) is 1.59. The lowest BCUT2D eigenvalue weighted by molar-refractivity contribution is -0.154. The number of hydrogen-bond donors (Lipinski definition) is 3. The van der Waals surface area contributed by atoms with Crippen molar-refractivity contribution in [1.29, 1.82) is 0 Å². The van der Waals surface area contributed by atoms with Crippen LogP contribution in [0.2, 0.25) is 0 Å². The Balaban J connectivity index is 2.33. The van der Waals surface area contributed by atoms with Gasteiger partial charge in [-0.1, -0.05) is 32.4 Å². The topological polar surface area (TPSA) is 109 Å². The Morgan fingerprint density at radius 3 is 2.56 bits per heavy atom. The number of Topliss-reactive ketones (excluding diaryl/α,β-unsaturated/α-hetero) is 1. The molecule has 0 fully saturated rings. The lowest BCUT2D eigenvalue weighted by Crippen LogP contribution is -2.49. The van der Waals surface area contributed by atoms with Crippen LogP contribution in [0.1, 0.15) is 71.5 Å². The second-order valence-corrected chi connectivity index (χ2v) is 11.1.